The molecule has 20 heavy (non-hydrogen) atoms. The van der Waals surface area contributed by atoms with E-state index in [4.69, 9.17) is 10.5 Å². The summed E-state index contributed by atoms with van der Waals surface area (Å²) in [5.74, 6) is 1.96. The molecule has 0 atom stereocenters. The number of fused-ring (bicyclic) bond motifs is 1. The maximum atomic E-state index is 5.90. The number of ether oxygens (including phenoxy) is 1. The molecule has 3 aromatic rings. The van der Waals surface area contributed by atoms with Crippen LogP contribution in [0, 0.1) is 0 Å². The fourth-order valence-corrected chi connectivity index (χ4v) is 2.73. The highest BCUT2D eigenvalue weighted by Crippen LogP contribution is 2.31. The molecule has 2 heterocycles. The fraction of sp³-hybridized carbons (Fsp3) is 0.200. The number of rotatable bonds is 3. The van der Waals surface area contributed by atoms with E-state index in [0.717, 1.165) is 16.0 Å². The topological polar surface area (TPSA) is 61.0 Å². The number of hydrogen-bond donors (Lipinski definition) is 1. The Bertz CT molecular complexity index is 752. The van der Waals surface area contributed by atoms with Crippen molar-refractivity contribution in [2.45, 2.75) is 19.8 Å². The molecule has 2 N–H and O–H groups in total. The van der Waals surface area contributed by atoms with Crippen molar-refractivity contribution in [2.75, 3.05) is 5.73 Å². The number of nitrogens with zero attached hydrogens (tertiary/aromatic N) is 2. The first-order valence-corrected chi connectivity index (χ1v) is 7.30. The molecular formula is C15H15N3OS. The van der Waals surface area contributed by atoms with E-state index in [0.29, 0.717) is 11.8 Å². The smallest absolute Gasteiger partial charge is 0.232 e. The summed E-state index contributed by atoms with van der Waals surface area (Å²) >= 11 is 1.52. The quantitative estimate of drug-likeness (QED) is 0.783. The summed E-state index contributed by atoms with van der Waals surface area (Å²) in [5.41, 5.74) is 6.95. The maximum Gasteiger partial charge on any atom is 0.232 e. The van der Waals surface area contributed by atoms with Crippen molar-refractivity contribution < 1.29 is 4.74 Å². The number of nitrogen functional groups attached to an aromatic ring is 1. The molecule has 0 spiro atoms. The molecule has 2 aromatic heterocycles. The Morgan fingerprint density at radius 3 is 2.85 bits per heavy atom. The van der Waals surface area contributed by atoms with E-state index in [1.165, 1.54) is 16.9 Å². The molecule has 3 rings (SSSR count). The zero-order chi connectivity index (χ0) is 14.1. The summed E-state index contributed by atoms with van der Waals surface area (Å²) in [7, 11) is 0. The van der Waals surface area contributed by atoms with Gasteiger partial charge in [-0.05, 0) is 35.1 Å². The molecule has 0 aliphatic heterocycles. The van der Waals surface area contributed by atoms with Crippen LogP contribution in [0.2, 0.25) is 0 Å². The van der Waals surface area contributed by atoms with Gasteiger partial charge in [-0.3, -0.25) is 0 Å². The third kappa shape index (κ3) is 2.44. The Kier molecular flexibility index (Phi) is 3.28. The third-order valence-electron chi connectivity index (χ3n) is 3.05. The van der Waals surface area contributed by atoms with Gasteiger partial charge in [-0.15, -0.1) is 11.3 Å². The second-order valence-electron chi connectivity index (χ2n) is 4.86. The predicted octanol–water partition coefficient (Wildman–Crippen LogP) is 4.19. The van der Waals surface area contributed by atoms with Crippen molar-refractivity contribution >= 4 is 27.5 Å². The number of hydrogen-bond acceptors (Lipinski definition) is 5. The van der Waals surface area contributed by atoms with Crippen LogP contribution in [0.1, 0.15) is 25.3 Å². The van der Waals surface area contributed by atoms with Crippen LogP contribution in [-0.4, -0.2) is 9.97 Å². The SMILES string of the molecule is CC(C)c1cccc(Oc2nc(N)nc3sccc23)c1. The molecule has 0 aliphatic carbocycles. The lowest BCUT2D eigenvalue weighted by molar-refractivity contribution is 0.468. The summed E-state index contributed by atoms with van der Waals surface area (Å²) in [6, 6.07) is 9.97. The van der Waals surface area contributed by atoms with Crippen LogP contribution < -0.4 is 10.5 Å². The lowest BCUT2D eigenvalue weighted by Crippen LogP contribution is -1.97. The highest BCUT2D eigenvalue weighted by atomic mass is 32.1. The number of nitrogens with two attached hydrogens (primary N) is 1. The van der Waals surface area contributed by atoms with Crippen molar-refractivity contribution in [1.29, 1.82) is 0 Å². The molecule has 0 radical (unpaired) electrons. The van der Waals surface area contributed by atoms with Crippen LogP contribution in [0.3, 0.4) is 0 Å². The monoisotopic (exact) mass is 285 g/mol. The van der Waals surface area contributed by atoms with E-state index >= 15 is 0 Å². The van der Waals surface area contributed by atoms with Crippen molar-refractivity contribution in [3.8, 4) is 11.6 Å². The van der Waals surface area contributed by atoms with Crippen LogP contribution in [0.4, 0.5) is 5.95 Å². The van der Waals surface area contributed by atoms with E-state index in [1.807, 2.05) is 29.6 Å². The average molecular weight is 285 g/mol. The van der Waals surface area contributed by atoms with Crippen molar-refractivity contribution in [3.63, 3.8) is 0 Å². The van der Waals surface area contributed by atoms with Gasteiger partial charge in [0, 0.05) is 0 Å². The van der Waals surface area contributed by atoms with Crippen LogP contribution in [0.25, 0.3) is 10.2 Å². The van der Waals surface area contributed by atoms with Crippen LogP contribution in [0.15, 0.2) is 35.7 Å². The standard InChI is InChI=1S/C15H15N3OS/c1-9(2)10-4-3-5-11(8-10)19-13-12-6-7-20-14(12)18-15(16)17-13/h3-9H,1-2H3,(H2,16,17,18). The van der Waals surface area contributed by atoms with Gasteiger partial charge >= 0.3 is 0 Å². The lowest BCUT2D eigenvalue weighted by atomic mass is 10.0. The second-order valence-corrected chi connectivity index (χ2v) is 5.75. The van der Waals surface area contributed by atoms with E-state index in [-0.39, 0.29) is 5.95 Å². The van der Waals surface area contributed by atoms with Crippen molar-refractivity contribution in [3.05, 3.63) is 41.3 Å². The first-order chi connectivity index (χ1) is 9.63. The van der Waals surface area contributed by atoms with Gasteiger partial charge in [-0.2, -0.15) is 4.98 Å². The Labute approximate surface area is 121 Å². The molecule has 0 saturated carbocycles. The third-order valence-corrected chi connectivity index (χ3v) is 3.85. The summed E-state index contributed by atoms with van der Waals surface area (Å²) < 4.78 is 5.90. The minimum atomic E-state index is 0.231. The van der Waals surface area contributed by atoms with Gasteiger partial charge in [0.05, 0.1) is 5.39 Å². The molecule has 5 heteroatoms. The van der Waals surface area contributed by atoms with Gasteiger partial charge in [0.25, 0.3) is 0 Å². The minimum absolute atomic E-state index is 0.231. The second kappa shape index (κ2) is 5.09. The van der Waals surface area contributed by atoms with Gasteiger partial charge in [0.1, 0.15) is 10.6 Å². The molecule has 0 fully saturated rings. The maximum absolute atomic E-state index is 5.90. The Balaban J connectivity index is 2.00. The largest absolute Gasteiger partial charge is 0.438 e. The molecule has 0 bridgehead atoms. The number of benzene rings is 1. The Morgan fingerprint density at radius 2 is 2.05 bits per heavy atom. The number of aromatic nitrogens is 2. The van der Waals surface area contributed by atoms with E-state index in [9.17, 15) is 0 Å². The molecule has 1 aromatic carbocycles. The van der Waals surface area contributed by atoms with Gasteiger partial charge in [0.2, 0.25) is 11.8 Å². The normalized spacial score (nSPS) is 11.2. The highest BCUT2D eigenvalue weighted by molar-refractivity contribution is 7.16. The van der Waals surface area contributed by atoms with Gasteiger partial charge < -0.3 is 10.5 Å². The predicted molar refractivity (Wildman–Crippen MR) is 82.4 cm³/mol. The number of thiophene rings is 1. The molecule has 4 nitrogen and oxygen atoms in total. The molecule has 0 aliphatic rings. The molecular weight excluding hydrogens is 270 g/mol. The first kappa shape index (κ1) is 12.9. The van der Waals surface area contributed by atoms with E-state index in [1.54, 1.807) is 0 Å². The molecule has 0 unspecified atom stereocenters. The van der Waals surface area contributed by atoms with E-state index in [2.05, 4.69) is 29.9 Å². The van der Waals surface area contributed by atoms with Crippen LogP contribution >= 0.6 is 11.3 Å². The van der Waals surface area contributed by atoms with Crippen molar-refractivity contribution in [2.24, 2.45) is 0 Å². The zero-order valence-corrected chi connectivity index (χ0v) is 12.1. The fourth-order valence-electron chi connectivity index (χ4n) is 1.97. The average Bonchev–Trinajstić information content (AvgIpc) is 2.87. The lowest BCUT2D eigenvalue weighted by Gasteiger charge is -2.10. The highest BCUT2D eigenvalue weighted by Gasteiger charge is 2.10. The van der Waals surface area contributed by atoms with Crippen LogP contribution in [-0.2, 0) is 0 Å². The molecule has 0 saturated heterocycles. The van der Waals surface area contributed by atoms with Crippen LogP contribution in [0.5, 0.6) is 11.6 Å². The van der Waals surface area contributed by atoms with Gasteiger partial charge in [0.15, 0.2) is 0 Å². The van der Waals surface area contributed by atoms with E-state index < -0.39 is 0 Å². The Hall–Kier alpha value is -2.14. The van der Waals surface area contributed by atoms with Crippen molar-refractivity contribution in [1.82, 2.24) is 9.97 Å². The summed E-state index contributed by atoms with van der Waals surface area (Å²) in [4.78, 5) is 9.22. The summed E-state index contributed by atoms with van der Waals surface area (Å²) in [6.07, 6.45) is 0. The summed E-state index contributed by atoms with van der Waals surface area (Å²) in [5, 5.41) is 2.84. The zero-order valence-electron chi connectivity index (χ0n) is 11.3. The van der Waals surface area contributed by atoms with Gasteiger partial charge in [-0.1, -0.05) is 26.0 Å². The first-order valence-electron chi connectivity index (χ1n) is 6.42. The number of anilines is 1. The van der Waals surface area contributed by atoms with Gasteiger partial charge in [-0.25, -0.2) is 4.98 Å². The molecule has 0 amide bonds. The minimum Gasteiger partial charge on any atom is -0.438 e. The Morgan fingerprint density at radius 1 is 1.20 bits per heavy atom. The summed E-state index contributed by atoms with van der Waals surface area (Å²) in [6.45, 7) is 4.30. The molecule has 102 valence electrons.